The third-order valence-electron chi connectivity index (χ3n) is 10.3. The van der Waals surface area contributed by atoms with Gasteiger partial charge in [0.05, 0.1) is 30.8 Å². The molecule has 4 saturated heterocycles. The lowest BCUT2D eigenvalue weighted by molar-refractivity contribution is -0.233. The average Bonchev–Trinajstić information content (AvgIpc) is 3.80. The summed E-state index contributed by atoms with van der Waals surface area (Å²) in [7, 11) is 0. The number of cyclic esters (lactones) is 1. The summed E-state index contributed by atoms with van der Waals surface area (Å²) in [5, 5.41) is 0. The maximum atomic E-state index is 13.6. The minimum Gasteiger partial charge on any atom is -0.494 e. The molecule has 1 saturated carbocycles. The minimum atomic E-state index is -1.04. The van der Waals surface area contributed by atoms with Gasteiger partial charge in [0.2, 0.25) is 0 Å². The Morgan fingerprint density at radius 3 is 2.72 bits per heavy atom. The van der Waals surface area contributed by atoms with Crippen LogP contribution >= 0.6 is 0 Å². The first kappa shape index (κ1) is 25.3. The van der Waals surface area contributed by atoms with E-state index in [0.717, 1.165) is 6.42 Å². The molecule has 10 heteroatoms. The van der Waals surface area contributed by atoms with Crippen molar-refractivity contribution >= 4 is 17.9 Å². The number of ether oxygens (including phenoxy) is 7. The molecule has 0 aromatic carbocycles. The smallest absolute Gasteiger partial charge is 0.338 e. The number of fused-ring (bicyclic) bond motifs is 1. The highest BCUT2D eigenvalue weighted by Crippen LogP contribution is 2.72. The largest absolute Gasteiger partial charge is 0.494 e. The van der Waals surface area contributed by atoms with Crippen LogP contribution in [0.25, 0.3) is 0 Å². The first-order valence-electron chi connectivity index (χ1n) is 13.8. The molecule has 10 nitrogen and oxygen atoms in total. The molecular weight excluding hydrogens is 508 g/mol. The molecule has 4 unspecified atom stereocenters. The van der Waals surface area contributed by atoms with E-state index in [0.29, 0.717) is 44.7 Å². The van der Waals surface area contributed by atoms with Gasteiger partial charge in [0, 0.05) is 31.3 Å². The van der Waals surface area contributed by atoms with E-state index in [4.69, 9.17) is 33.2 Å². The molecule has 0 amide bonds. The van der Waals surface area contributed by atoms with Crippen molar-refractivity contribution < 1.29 is 47.5 Å². The number of hydrogen-bond acceptors (Lipinski definition) is 10. The number of carbonyl (C=O) groups excluding carboxylic acids is 3. The van der Waals surface area contributed by atoms with Crippen molar-refractivity contribution in [2.75, 3.05) is 19.8 Å². The normalized spacial score (nSPS) is 50.1. The Hall–Kier alpha value is -2.69. The van der Waals surface area contributed by atoms with Crippen molar-refractivity contribution in [2.24, 2.45) is 10.8 Å². The van der Waals surface area contributed by atoms with E-state index < -0.39 is 58.3 Å². The Bertz CT molecular complexity index is 1210. The number of allylic oxidation sites excluding steroid dienone is 3. The zero-order valence-electron chi connectivity index (χ0n) is 22.4. The maximum absolute atomic E-state index is 13.6. The number of esters is 3. The summed E-state index contributed by atoms with van der Waals surface area (Å²) in [5.41, 5.74) is -1.73. The zero-order chi connectivity index (χ0) is 27.2. The van der Waals surface area contributed by atoms with E-state index >= 15 is 0 Å². The Morgan fingerprint density at radius 2 is 1.95 bits per heavy atom. The van der Waals surface area contributed by atoms with E-state index in [1.807, 2.05) is 0 Å². The second-order valence-corrected chi connectivity index (χ2v) is 12.1. The van der Waals surface area contributed by atoms with Crippen LogP contribution < -0.4 is 0 Å². The Labute approximate surface area is 226 Å². The third-order valence-corrected chi connectivity index (χ3v) is 10.3. The topological polar surface area (TPSA) is 122 Å². The van der Waals surface area contributed by atoms with E-state index in [1.54, 1.807) is 12.2 Å². The first-order valence-corrected chi connectivity index (χ1v) is 13.8. The molecule has 5 aliphatic heterocycles. The number of carbonyl (C=O) groups is 3. The highest BCUT2D eigenvalue weighted by Gasteiger charge is 2.83. The van der Waals surface area contributed by atoms with Crippen LogP contribution in [0.5, 0.6) is 0 Å². The summed E-state index contributed by atoms with van der Waals surface area (Å²) in [6.07, 6.45) is 6.91. The van der Waals surface area contributed by atoms with Gasteiger partial charge in [0.15, 0.2) is 17.8 Å². The fourth-order valence-electron chi connectivity index (χ4n) is 8.03. The average molecular weight is 543 g/mol. The monoisotopic (exact) mass is 542 g/mol. The summed E-state index contributed by atoms with van der Waals surface area (Å²) in [6, 6.07) is 0. The van der Waals surface area contributed by atoms with Crippen LogP contribution in [0.3, 0.4) is 0 Å². The summed E-state index contributed by atoms with van der Waals surface area (Å²) >= 11 is 0. The standard InChI is InChI=1S/C29H34O10/c1-16-8-9-27-14-34-25(32)24-28(39-24)10-11-33-18(23(28)36-17(2)30)6-4-5-7-22(31)38-19-13-21(37-20(27)12-16)29(15-35-29)26(19,27)3/h5-7,12,19-21,23-24H,4,8-11,13-15H2,1-3H3/b7-5-,18-6-/t19-,20?,21?,23?,24-,26-,27-,28-,29?/m1/s1. The lowest BCUT2D eigenvalue weighted by Crippen LogP contribution is -2.66. The molecule has 7 rings (SSSR count). The van der Waals surface area contributed by atoms with Gasteiger partial charge in [-0.2, -0.15) is 0 Å². The van der Waals surface area contributed by atoms with Gasteiger partial charge in [0.1, 0.15) is 24.1 Å². The minimum absolute atomic E-state index is 0.0614. The highest BCUT2D eigenvalue weighted by atomic mass is 16.7. The van der Waals surface area contributed by atoms with E-state index in [-0.39, 0.29) is 18.8 Å². The van der Waals surface area contributed by atoms with Crippen LogP contribution in [0.2, 0.25) is 0 Å². The Kier molecular flexibility index (Phi) is 5.45. The van der Waals surface area contributed by atoms with Crippen molar-refractivity contribution in [1.29, 1.82) is 0 Å². The fourth-order valence-corrected chi connectivity index (χ4v) is 8.03. The quantitative estimate of drug-likeness (QED) is 0.211. The third kappa shape index (κ3) is 3.40. The van der Waals surface area contributed by atoms with Gasteiger partial charge < -0.3 is 33.2 Å². The molecule has 0 N–H and O–H groups in total. The maximum Gasteiger partial charge on any atom is 0.338 e. The number of rotatable bonds is 1. The summed E-state index contributed by atoms with van der Waals surface area (Å²) in [4.78, 5) is 38.6. The molecule has 2 aliphatic carbocycles. The molecule has 0 aromatic rings. The van der Waals surface area contributed by atoms with Crippen molar-refractivity contribution in [3.8, 4) is 0 Å². The lowest BCUT2D eigenvalue weighted by atomic mass is 9.51. The molecule has 4 bridgehead atoms. The van der Waals surface area contributed by atoms with Crippen molar-refractivity contribution in [3.05, 3.63) is 35.6 Å². The molecule has 39 heavy (non-hydrogen) atoms. The van der Waals surface area contributed by atoms with Gasteiger partial charge in [-0.15, -0.1) is 0 Å². The zero-order valence-corrected chi connectivity index (χ0v) is 22.4. The second kappa shape index (κ2) is 8.41. The van der Waals surface area contributed by atoms with Crippen LogP contribution in [-0.2, 0) is 47.5 Å². The molecule has 9 atom stereocenters. The van der Waals surface area contributed by atoms with Crippen LogP contribution in [0.1, 0.15) is 52.9 Å². The molecule has 7 aliphatic rings. The molecule has 3 spiro atoms. The van der Waals surface area contributed by atoms with Crippen LogP contribution in [0.15, 0.2) is 35.6 Å². The number of epoxide rings is 2. The van der Waals surface area contributed by atoms with Gasteiger partial charge in [-0.05, 0) is 32.3 Å². The van der Waals surface area contributed by atoms with Gasteiger partial charge in [-0.1, -0.05) is 24.6 Å². The van der Waals surface area contributed by atoms with Gasteiger partial charge in [-0.25, -0.2) is 9.59 Å². The summed E-state index contributed by atoms with van der Waals surface area (Å²) in [6.45, 7) is 6.36. The van der Waals surface area contributed by atoms with Crippen LogP contribution in [0, 0.1) is 10.8 Å². The molecule has 210 valence electrons. The Balaban J connectivity index is 1.29. The lowest BCUT2D eigenvalue weighted by Gasteiger charge is -2.58. The predicted octanol–water partition coefficient (Wildman–Crippen LogP) is 2.45. The molecule has 5 heterocycles. The SMILES string of the molecule is CC(=O)OC1/C2=C/C/C=C\C(=O)O[C@@H]3CC4OC5C=C(C)CC[C@]5(COC(=O)[C@H]5O[C@]15CCO2)[C@]3(C)C41CO1. The highest BCUT2D eigenvalue weighted by molar-refractivity contribution is 5.82. The Morgan fingerprint density at radius 1 is 1.13 bits per heavy atom. The molecular formula is C29H34O10. The van der Waals surface area contributed by atoms with Crippen molar-refractivity contribution in [1.82, 2.24) is 0 Å². The van der Waals surface area contributed by atoms with Crippen molar-refractivity contribution in [3.63, 3.8) is 0 Å². The van der Waals surface area contributed by atoms with Gasteiger partial charge in [-0.3, -0.25) is 4.79 Å². The van der Waals surface area contributed by atoms with Crippen molar-refractivity contribution in [2.45, 2.75) is 94.6 Å². The molecule has 0 radical (unpaired) electrons. The first-order chi connectivity index (χ1) is 18.7. The number of hydrogen-bond donors (Lipinski definition) is 0. The van der Waals surface area contributed by atoms with Gasteiger partial charge >= 0.3 is 17.9 Å². The van der Waals surface area contributed by atoms with E-state index in [2.05, 4.69) is 19.9 Å². The fraction of sp³-hybridized carbons (Fsp3) is 0.690. The predicted molar refractivity (Wildman–Crippen MR) is 132 cm³/mol. The van der Waals surface area contributed by atoms with Crippen LogP contribution in [-0.4, -0.2) is 79.5 Å². The molecule has 0 aromatic heterocycles. The van der Waals surface area contributed by atoms with Gasteiger partial charge in [0.25, 0.3) is 0 Å². The summed E-state index contributed by atoms with van der Waals surface area (Å²) in [5.74, 6) is -1.08. The van der Waals surface area contributed by atoms with E-state index in [1.165, 1.54) is 18.6 Å². The molecule has 5 fully saturated rings. The van der Waals surface area contributed by atoms with E-state index in [9.17, 15) is 14.4 Å². The second-order valence-electron chi connectivity index (χ2n) is 12.1. The summed E-state index contributed by atoms with van der Waals surface area (Å²) < 4.78 is 42.4. The van der Waals surface area contributed by atoms with Crippen LogP contribution in [0.4, 0.5) is 0 Å².